The molecule has 0 radical (unpaired) electrons. The lowest BCUT2D eigenvalue weighted by atomic mass is 10.1. The molecule has 0 atom stereocenters. The summed E-state index contributed by atoms with van der Waals surface area (Å²) in [5.41, 5.74) is 8.71. The van der Waals surface area contributed by atoms with Crippen LogP contribution in [0.1, 0.15) is 16.7 Å². The van der Waals surface area contributed by atoms with E-state index in [0.29, 0.717) is 18.2 Å². The highest BCUT2D eigenvalue weighted by Crippen LogP contribution is 2.14. The van der Waals surface area contributed by atoms with Crippen molar-refractivity contribution in [1.82, 2.24) is 0 Å². The van der Waals surface area contributed by atoms with E-state index in [2.05, 4.69) is 15.9 Å². The molecule has 0 aliphatic rings. The molecule has 2 nitrogen and oxygen atoms in total. The predicted octanol–water partition coefficient (Wildman–Crippen LogP) is 3.80. The minimum absolute atomic E-state index is 0.404. The van der Waals surface area contributed by atoms with Gasteiger partial charge in [-0.15, -0.1) is 0 Å². The number of ether oxygens (including phenoxy) is 1. The van der Waals surface area contributed by atoms with E-state index >= 15 is 0 Å². The Morgan fingerprint density at radius 2 is 1.89 bits per heavy atom. The maximum Gasteiger partial charge on any atom is 0.104 e. The van der Waals surface area contributed by atoms with Crippen LogP contribution in [0, 0.1) is 0 Å². The van der Waals surface area contributed by atoms with Gasteiger partial charge in [0, 0.05) is 10.0 Å². The molecule has 0 spiro atoms. The SMILES string of the molecule is NC(=S)c1ccccc1COCc1cccc(Br)c1. The smallest absolute Gasteiger partial charge is 0.104 e. The predicted molar refractivity (Wildman–Crippen MR) is 85.0 cm³/mol. The van der Waals surface area contributed by atoms with Crippen molar-refractivity contribution in [3.8, 4) is 0 Å². The van der Waals surface area contributed by atoms with Crippen LogP contribution in [0.4, 0.5) is 0 Å². The molecule has 2 aromatic carbocycles. The third-order valence-corrected chi connectivity index (χ3v) is 3.41. The summed E-state index contributed by atoms with van der Waals surface area (Å²) in [7, 11) is 0. The van der Waals surface area contributed by atoms with Gasteiger partial charge in [-0.2, -0.15) is 0 Å². The van der Waals surface area contributed by atoms with Gasteiger partial charge in [0.15, 0.2) is 0 Å². The van der Waals surface area contributed by atoms with Gasteiger partial charge in [0.1, 0.15) is 4.99 Å². The Labute approximate surface area is 126 Å². The lowest BCUT2D eigenvalue weighted by Crippen LogP contribution is -2.12. The molecule has 2 N–H and O–H groups in total. The van der Waals surface area contributed by atoms with Crippen LogP contribution in [0.15, 0.2) is 53.0 Å². The van der Waals surface area contributed by atoms with Crippen molar-refractivity contribution < 1.29 is 4.74 Å². The van der Waals surface area contributed by atoms with Crippen LogP contribution in [0.5, 0.6) is 0 Å². The average Bonchev–Trinajstić information content (AvgIpc) is 2.39. The molecule has 0 bridgehead atoms. The lowest BCUT2D eigenvalue weighted by Gasteiger charge is -2.09. The van der Waals surface area contributed by atoms with Gasteiger partial charge in [-0.1, -0.05) is 64.5 Å². The number of hydrogen-bond acceptors (Lipinski definition) is 2. The van der Waals surface area contributed by atoms with Crippen molar-refractivity contribution in [2.45, 2.75) is 13.2 Å². The van der Waals surface area contributed by atoms with Crippen molar-refractivity contribution >= 4 is 33.1 Å². The second kappa shape index (κ2) is 6.80. The Hall–Kier alpha value is -1.23. The highest BCUT2D eigenvalue weighted by atomic mass is 79.9. The summed E-state index contributed by atoms with van der Waals surface area (Å²) < 4.78 is 6.77. The van der Waals surface area contributed by atoms with Gasteiger partial charge < -0.3 is 10.5 Å². The van der Waals surface area contributed by atoms with Crippen molar-refractivity contribution in [1.29, 1.82) is 0 Å². The number of hydrogen-bond donors (Lipinski definition) is 1. The Kier molecular flexibility index (Phi) is 5.07. The minimum atomic E-state index is 0.404. The number of rotatable bonds is 5. The Bertz CT molecular complexity index is 586. The van der Waals surface area contributed by atoms with E-state index in [0.717, 1.165) is 21.2 Å². The molecule has 0 fully saturated rings. The first kappa shape index (κ1) is 14.2. The summed E-state index contributed by atoms with van der Waals surface area (Å²) in [6, 6.07) is 15.8. The fraction of sp³-hybridized carbons (Fsp3) is 0.133. The second-order valence-electron chi connectivity index (χ2n) is 4.14. The van der Waals surface area contributed by atoms with Crippen LogP contribution in [0.2, 0.25) is 0 Å². The van der Waals surface area contributed by atoms with E-state index < -0.39 is 0 Å². The van der Waals surface area contributed by atoms with Crippen molar-refractivity contribution in [3.05, 3.63) is 69.7 Å². The zero-order valence-corrected chi connectivity index (χ0v) is 12.7. The topological polar surface area (TPSA) is 35.2 Å². The average molecular weight is 336 g/mol. The number of benzene rings is 2. The molecule has 0 aliphatic heterocycles. The number of thiocarbonyl (C=S) groups is 1. The first-order chi connectivity index (χ1) is 9.16. The highest BCUT2D eigenvalue weighted by Gasteiger charge is 2.04. The highest BCUT2D eigenvalue weighted by molar-refractivity contribution is 9.10. The van der Waals surface area contributed by atoms with Crippen molar-refractivity contribution in [3.63, 3.8) is 0 Å². The second-order valence-corrected chi connectivity index (χ2v) is 5.50. The molecule has 2 aromatic rings. The largest absolute Gasteiger partial charge is 0.389 e. The Morgan fingerprint density at radius 1 is 1.11 bits per heavy atom. The van der Waals surface area contributed by atoms with Crippen LogP contribution >= 0.6 is 28.1 Å². The van der Waals surface area contributed by atoms with Crippen LogP contribution in [0.3, 0.4) is 0 Å². The van der Waals surface area contributed by atoms with E-state index in [-0.39, 0.29) is 0 Å². The molecule has 0 aromatic heterocycles. The summed E-state index contributed by atoms with van der Waals surface area (Å²) in [6.07, 6.45) is 0. The summed E-state index contributed by atoms with van der Waals surface area (Å²) in [5.74, 6) is 0. The molecule has 0 heterocycles. The molecule has 0 aliphatic carbocycles. The van der Waals surface area contributed by atoms with E-state index in [1.165, 1.54) is 0 Å². The zero-order chi connectivity index (χ0) is 13.7. The van der Waals surface area contributed by atoms with Gasteiger partial charge in [0.2, 0.25) is 0 Å². The molecule has 2 rings (SSSR count). The normalized spacial score (nSPS) is 10.4. The third-order valence-electron chi connectivity index (χ3n) is 2.70. The summed E-state index contributed by atoms with van der Waals surface area (Å²) >= 11 is 8.47. The zero-order valence-electron chi connectivity index (χ0n) is 10.3. The Morgan fingerprint density at radius 3 is 2.63 bits per heavy atom. The van der Waals surface area contributed by atoms with E-state index in [4.69, 9.17) is 22.7 Å². The molecule has 0 saturated heterocycles. The molecule has 98 valence electrons. The van der Waals surface area contributed by atoms with E-state index in [1.807, 2.05) is 48.5 Å². The van der Waals surface area contributed by atoms with Crippen molar-refractivity contribution in [2.75, 3.05) is 0 Å². The van der Waals surface area contributed by atoms with Crippen LogP contribution in [-0.2, 0) is 18.0 Å². The maximum absolute atomic E-state index is 5.72. The molecule has 0 unspecified atom stereocenters. The van der Waals surface area contributed by atoms with Crippen molar-refractivity contribution in [2.24, 2.45) is 5.73 Å². The minimum Gasteiger partial charge on any atom is -0.389 e. The third kappa shape index (κ3) is 4.13. The van der Waals surface area contributed by atoms with Crippen LogP contribution in [-0.4, -0.2) is 4.99 Å². The fourth-order valence-electron chi connectivity index (χ4n) is 1.79. The summed E-state index contributed by atoms with van der Waals surface area (Å²) in [5, 5.41) is 0. The summed E-state index contributed by atoms with van der Waals surface area (Å²) in [6.45, 7) is 1.06. The quantitative estimate of drug-likeness (QED) is 0.844. The van der Waals surface area contributed by atoms with Gasteiger partial charge in [-0.3, -0.25) is 0 Å². The molecule has 4 heteroatoms. The molecule has 19 heavy (non-hydrogen) atoms. The van der Waals surface area contributed by atoms with Gasteiger partial charge >= 0.3 is 0 Å². The number of halogens is 1. The van der Waals surface area contributed by atoms with Crippen LogP contribution < -0.4 is 5.73 Å². The Balaban J connectivity index is 1.98. The molecular formula is C15H14BrNOS. The lowest BCUT2D eigenvalue weighted by molar-refractivity contribution is 0.107. The van der Waals surface area contributed by atoms with E-state index in [1.54, 1.807) is 0 Å². The van der Waals surface area contributed by atoms with Gasteiger partial charge in [-0.05, 0) is 23.3 Å². The molecular weight excluding hydrogens is 322 g/mol. The maximum atomic E-state index is 5.72. The van der Waals surface area contributed by atoms with E-state index in [9.17, 15) is 0 Å². The first-order valence-electron chi connectivity index (χ1n) is 5.86. The monoisotopic (exact) mass is 335 g/mol. The van der Waals surface area contributed by atoms with Gasteiger partial charge in [0.25, 0.3) is 0 Å². The fourth-order valence-corrected chi connectivity index (χ4v) is 2.44. The summed E-state index contributed by atoms with van der Waals surface area (Å²) in [4.78, 5) is 0.404. The van der Waals surface area contributed by atoms with Gasteiger partial charge in [0.05, 0.1) is 13.2 Å². The molecule has 0 amide bonds. The number of nitrogens with two attached hydrogens (primary N) is 1. The van der Waals surface area contributed by atoms with Gasteiger partial charge in [-0.25, -0.2) is 0 Å². The standard InChI is InChI=1S/C15H14BrNOS/c16-13-6-3-4-11(8-13)9-18-10-12-5-1-2-7-14(12)15(17)19/h1-8H,9-10H2,(H2,17,19). The molecule has 0 saturated carbocycles. The van der Waals surface area contributed by atoms with Crippen LogP contribution in [0.25, 0.3) is 0 Å². The first-order valence-corrected chi connectivity index (χ1v) is 7.07.